The number of fused-ring (bicyclic) bond motifs is 1. The highest BCUT2D eigenvalue weighted by atomic mass is 32.1. The summed E-state index contributed by atoms with van der Waals surface area (Å²) in [6, 6.07) is 13.0. The topological polar surface area (TPSA) is 50.5 Å². The number of benzene rings is 1. The van der Waals surface area contributed by atoms with Crippen LogP contribution < -0.4 is 5.32 Å². The van der Waals surface area contributed by atoms with Crippen LogP contribution in [0.25, 0.3) is 11.1 Å². The number of morpholine rings is 1. The summed E-state index contributed by atoms with van der Waals surface area (Å²) in [4.78, 5) is 8.31. The Balaban J connectivity index is 1.50. The van der Waals surface area contributed by atoms with Crippen molar-refractivity contribution < 1.29 is 9.15 Å². The number of nitrogens with zero attached hydrogens (tertiary/aromatic N) is 2. The summed E-state index contributed by atoms with van der Waals surface area (Å²) in [5.74, 6) is 0. The Kier molecular flexibility index (Phi) is 4.28. The van der Waals surface area contributed by atoms with Crippen LogP contribution in [0.15, 0.2) is 46.2 Å². The average molecular weight is 329 g/mol. The number of thiophene rings is 1. The van der Waals surface area contributed by atoms with E-state index in [-0.39, 0.29) is 0 Å². The molecule has 1 aromatic carbocycles. The van der Waals surface area contributed by atoms with Crippen LogP contribution in [-0.2, 0) is 4.74 Å². The quantitative estimate of drug-likeness (QED) is 0.778. The zero-order valence-corrected chi connectivity index (χ0v) is 13.6. The molecule has 4 rings (SSSR count). The number of nitrogens with one attached hydrogen (secondary N) is 1. The maximum Gasteiger partial charge on any atom is 0.295 e. The normalized spacial score (nSPS) is 17.4. The van der Waals surface area contributed by atoms with E-state index in [0.29, 0.717) is 12.1 Å². The second-order valence-electron chi connectivity index (χ2n) is 5.55. The van der Waals surface area contributed by atoms with Gasteiger partial charge >= 0.3 is 0 Å². The number of ether oxygens (including phenoxy) is 1. The van der Waals surface area contributed by atoms with Crippen molar-refractivity contribution in [2.45, 2.75) is 6.04 Å². The van der Waals surface area contributed by atoms with Crippen LogP contribution in [0.4, 0.5) is 6.01 Å². The number of aromatic nitrogens is 1. The van der Waals surface area contributed by atoms with Gasteiger partial charge in [-0.2, -0.15) is 4.98 Å². The van der Waals surface area contributed by atoms with Crippen molar-refractivity contribution in [1.29, 1.82) is 0 Å². The first kappa shape index (κ1) is 14.7. The van der Waals surface area contributed by atoms with Gasteiger partial charge in [0.2, 0.25) is 0 Å². The van der Waals surface area contributed by atoms with Gasteiger partial charge in [0.25, 0.3) is 6.01 Å². The second kappa shape index (κ2) is 6.70. The van der Waals surface area contributed by atoms with Crippen LogP contribution in [0.2, 0.25) is 0 Å². The Morgan fingerprint density at radius 2 is 2.04 bits per heavy atom. The fourth-order valence-electron chi connectivity index (χ4n) is 2.91. The first-order valence-corrected chi connectivity index (χ1v) is 8.73. The monoisotopic (exact) mass is 329 g/mol. The van der Waals surface area contributed by atoms with Crippen LogP contribution in [0.1, 0.15) is 10.9 Å². The van der Waals surface area contributed by atoms with Crippen molar-refractivity contribution >= 4 is 28.5 Å². The molecule has 1 N–H and O–H groups in total. The van der Waals surface area contributed by atoms with Gasteiger partial charge in [-0.1, -0.05) is 18.2 Å². The van der Waals surface area contributed by atoms with Crippen molar-refractivity contribution in [3.05, 3.63) is 46.7 Å². The highest BCUT2D eigenvalue weighted by molar-refractivity contribution is 7.10. The van der Waals surface area contributed by atoms with E-state index in [1.807, 2.05) is 24.3 Å². The van der Waals surface area contributed by atoms with Crippen LogP contribution in [0.3, 0.4) is 0 Å². The Morgan fingerprint density at radius 3 is 2.83 bits per heavy atom. The van der Waals surface area contributed by atoms with Crippen LogP contribution >= 0.6 is 11.3 Å². The summed E-state index contributed by atoms with van der Waals surface area (Å²) in [5.41, 5.74) is 1.70. The predicted molar refractivity (Wildman–Crippen MR) is 92.0 cm³/mol. The van der Waals surface area contributed by atoms with Gasteiger partial charge in [0.05, 0.1) is 19.3 Å². The minimum atomic E-state index is 0.314. The Bertz CT molecular complexity index is 717. The maximum absolute atomic E-state index is 5.76. The largest absolute Gasteiger partial charge is 0.424 e. The number of para-hydroxylation sites is 2. The van der Waals surface area contributed by atoms with Crippen molar-refractivity contribution in [1.82, 2.24) is 9.88 Å². The molecule has 1 atom stereocenters. The first-order valence-electron chi connectivity index (χ1n) is 7.85. The van der Waals surface area contributed by atoms with Crippen LogP contribution in [0.5, 0.6) is 0 Å². The molecule has 23 heavy (non-hydrogen) atoms. The molecule has 3 heterocycles. The van der Waals surface area contributed by atoms with E-state index in [1.165, 1.54) is 4.88 Å². The van der Waals surface area contributed by atoms with Gasteiger partial charge in [0.15, 0.2) is 5.58 Å². The smallest absolute Gasteiger partial charge is 0.295 e. The lowest BCUT2D eigenvalue weighted by Gasteiger charge is -2.33. The highest BCUT2D eigenvalue weighted by Crippen LogP contribution is 2.27. The summed E-state index contributed by atoms with van der Waals surface area (Å²) in [7, 11) is 0. The molecule has 1 aliphatic heterocycles. The molecule has 1 fully saturated rings. The molecule has 0 saturated carbocycles. The molecule has 5 nitrogen and oxygen atoms in total. The summed E-state index contributed by atoms with van der Waals surface area (Å²) in [6.45, 7) is 4.28. The van der Waals surface area contributed by atoms with Gasteiger partial charge < -0.3 is 14.5 Å². The lowest BCUT2D eigenvalue weighted by molar-refractivity contribution is 0.0193. The Morgan fingerprint density at radius 1 is 1.17 bits per heavy atom. The standard InChI is InChI=1S/C17H19N3O2S/c1-2-5-15-13(4-1)19-17(22-15)18-12-14(16-6-3-11-23-16)20-7-9-21-10-8-20/h1-6,11,14H,7-10,12H2,(H,18,19)/t14-/m0/s1. The SMILES string of the molecule is c1csc([C@H](CNc2nc3ccccc3o2)N2CCOCC2)c1. The van der Waals surface area contributed by atoms with E-state index in [1.54, 1.807) is 11.3 Å². The molecular weight excluding hydrogens is 310 g/mol. The van der Waals surface area contributed by atoms with E-state index in [0.717, 1.165) is 43.9 Å². The summed E-state index contributed by atoms with van der Waals surface area (Å²) in [5, 5.41) is 5.49. The minimum absolute atomic E-state index is 0.314. The molecule has 0 amide bonds. The van der Waals surface area contributed by atoms with E-state index >= 15 is 0 Å². The molecule has 0 bridgehead atoms. The Labute approximate surface area is 138 Å². The molecule has 120 valence electrons. The second-order valence-corrected chi connectivity index (χ2v) is 6.53. The predicted octanol–water partition coefficient (Wildman–Crippen LogP) is 3.37. The molecular formula is C17H19N3O2S. The molecule has 1 saturated heterocycles. The van der Waals surface area contributed by atoms with Gasteiger partial charge in [-0.25, -0.2) is 0 Å². The third kappa shape index (κ3) is 3.24. The summed E-state index contributed by atoms with van der Waals surface area (Å²) >= 11 is 1.79. The minimum Gasteiger partial charge on any atom is -0.424 e. The zero-order chi connectivity index (χ0) is 15.5. The number of hydrogen-bond acceptors (Lipinski definition) is 6. The Hall–Kier alpha value is -1.89. The third-order valence-electron chi connectivity index (χ3n) is 4.10. The highest BCUT2D eigenvalue weighted by Gasteiger charge is 2.23. The number of rotatable bonds is 5. The van der Waals surface area contributed by atoms with Crippen molar-refractivity contribution in [2.75, 3.05) is 38.2 Å². The third-order valence-corrected chi connectivity index (χ3v) is 5.07. The molecule has 0 radical (unpaired) electrons. The molecule has 0 aliphatic carbocycles. The maximum atomic E-state index is 5.76. The lowest BCUT2D eigenvalue weighted by Crippen LogP contribution is -2.41. The van der Waals surface area contributed by atoms with Gasteiger partial charge in [0.1, 0.15) is 5.52 Å². The average Bonchev–Trinajstić information content (AvgIpc) is 3.25. The van der Waals surface area contributed by atoms with Gasteiger partial charge in [-0.3, -0.25) is 4.90 Å². The molecule has 6 heteroatoms. The molecule has 0 unspecified atom stereocenters. The van der Waals surface area contributed by atoms with Crippen molar-refractivity contribution in [3.63, 3.8) is 0 Å². The number of hydrogen-bond donors (Lipinski definition) is 1. The zero-order valence-electron chi connectivity index (χ0n) is 12.8. The molecule has 2 aromatic heterocycles. The summed E-state index contributed by atoms with van der Waals surface area (Å²) in [6.07, 6.45) is 0. The van der Waals surface area contributed by atoms with Crippen LogP contribution in [0, 0.1) is 0 Å². The van der Waals surface area contributed by atoms with E-state index in [9.17, 15) is 0 Å². The molecule has 1 aliphatic rings. The van der Waals surface area contributed by atoms with Gasteiger partial charge in [-0.05, 0) is 23.6 Å². The molecule has 0 spiro atoms. The van der Waals surface area contributed by atoms with E-state index in [2.05, 4.69) is 32.7 Å². The van der Waals surface area contributed by atoms with E-state index in [4.69, 9.17) is 9.15 Å². The first-order chi connectivity index (χ1) is 11.4. The number of anilines is 1. The molecule has 3 aromatic rings. The van der Waals surface area contributed by atoms with Crippen LogP contribution in [-0.4, -0.2) is 42.7 Å². The number of oxazole rings is 1. The lowest BCUT2D eigenvalue weighted by atomic mass is 10.2. The van der Waals surface area contributed by atoms with Crippen molar-refractivity contribution in [3.8, 4) is 0 Å². The fourth-order valence-corrected chi connectivity index (χ4v) is 3.77. The fraction of sp³-hybridized carbons (Fsp3) is 0.353. The van der Waals surface area contributed by atoms with Gasteiger partial charge in [0, 0.05) is 24.5 Å². The van der Waals surface area contributed by atoms with Gasteiger partial charge in [-0.15, -0.1) is 11.3 Å². The van der Waals surface area contributed by atoms with Crippen molar-refractivity contribution in [2.24, 2.45) is 0 Å². The summed E-state index contributed by atoms with van der Waals surface area (Å²) < 4.78 is 11.2. The van der Waals surface area contributed by atoms with E-state index < -0.39 is 0 Å².